The van der Waals surface area contributed by atoms with E-state index in [1.165, 1.54) is 0 Å². The second-order valence-corrected chi connectivity index (χ2v) is 6.84. The molecule has 2 N–H and O–H groups in total. The molecule has 0 aliphatic rings. The molecular weight excluding hydrogens is 394 g/mol. The van der Waals surface area contributed by atoms with Crippen LogP contribution in [0.15, 0.2) is 65.1 Å². The third-order valence-corrected chi connectivity index (χ3v) is 4.65. The molecule has 26 heavy (non-hydrogen) atoms. The number of aliphatic hydroxyl groups excluding tert-OH is 1. The molecule has 6 heteroatoms. The zero-order valence-corrected chi connectivity index (χ0v) is 15.8. The molecule has 3 aromatic rings. The van der Waals surface area contributed by atoms with E-state index in [1.54, 1.807) is 11.0 Å². The van der Waals surface area contributed by atoms with Gasteiger partial charge < -0.3 is 10.0 Å². The van der Waals surface area contributed by atoms with Crippen molar-refractivity contribution >= 4 is 21.8 Å². The van der Waals surface area contributed by atoms with Gasteiger partial charge in [0.15, 0.2) is 0 Å². The average Bonchev–Trinajstić information content (AvgIpc) is 3.16. The summed E-state index contributed by atoms with van der Waals surface area (Å²) < 4.78 is 0.989. The van der Waals surface area contributed by atoms with Gasteiger partial charge in [0.05, 0.1) is 12.3 Å². The molecule has 0 unspecified atom stereocenters. The van der Waals surface area contributed by atoms with Crippen LogP contribution < -0.4 is 0 Å². The minimum atomic E-state index is -0.161. The number of hydrogen-bond donors (Lipinski definition) is 2. The van der Waals surface area contributed by atoms with Gasteiger partial charge in [-0.05, 0) is 30.2 Å². The molecule has 0 atom stereocenters. The molecule has 0 bridgehead atoms. The van der Waals surface area contributed by atoms with E-state index in [-0.39, 0.29) is 19.1 Å². The minimum absolute atomic E-state index is 0.0752. The molecule has 3 rings (SSSR count). The molecule has 2 aromatic carbocycles. The van der Waals surface area contributed by atoms with Crippen LogP contribution in [0.4, 0.5) is 0 Å². The standard InChI is InChI=1S/C20H20BrN3O2/c21-17-8-6-16(7-9-17)18-14-19(23-22-18)20(26)24(12-13-25)11-10-15-4-2-1-3-5-15/h1-9,14,25H,10-13H2,(H,22,23). The molecule has 0 spiro atoms. The van der Waals surface area contributed by atoms with Crippen molar-refractivity contribution in [2.75, 3.05) is 19.7 Å². The molecule has 1 heterocycles. The summed E-state index contributed by atoms with van der Waals surface area (Å²) in [5, 5.41) is 16.4. The first kappa shape index (κ1) is 18.4. The number of aromatic nitrogens is 2. The van der Waals surface area contributed by atoms with Crippen molar-refractivity contribution in [2.45, 2.75) is 6.42 Å². The van der Waals surface area contributed by atoms with Crippen molar-refractivity contribution in [1.29, 1.82) is 0 Å². The maximum atomic E-state index is 12.8. The monoisotopic (exact) mass is 413 g/mol. The van der Waals surface area contributed by atoms with Crippen LogP contribution in [-0.4, -0.2) is 45.8 Å². The Morgan fingerprint density at radius 2 is 1.81 bits per heavy atom. The highest BCUT2D eigenvalue weighted by molar-refractivity contribution is 9.10. The Kier molecular flexibility index (Phi) is 6.20. The molecule has 5 nitrogen and oxygen atoms in total. The van der Waals surface area contributed by atoms with Crippen molar-refractivity contribution in [1.82, 2.24) is 15.1 Å². The van der Waals surface area contributed by atoms with Gasteiger partial charge in [-0.15, -0.1) is 0 Å². The molecular formula is C20H20BrN3O2. The Hall–Kier alpha value is -2.44. The number of aromatic amines is 1. The minimum Gasteiger partial charge on any atom is -0.395 e. The average molecular weight is 414 g/mol. The van der Waals surface area contributed by atoms with Crippen LogP contribution >= 0.6 is 15.9 Å². The van der Waals surface area contributed by atoms with Crippen LogP contribution in [-0.2, 0) is 6.42 Å². The van der Waals surface area contributed by atoms with Crippen molar-refractivity contribution in [3.63, 3.8) is 0 Å². The quantitative estimate of drug-likeness (QED) is 0.622. The highest BCUT2D eigenvalue weighted by Gasteiger charge is 2.18. The number of nitrogens with zero attached hydrogens (tertiary/aromatic N) is 2. The van der Waals surface area contributed by atoms with Gasteiger partial charge in [0.25, 0.3) is 5.91 Å². The summed E-state index contributed by atoms with van der Waals surface area (Å²) in [6.07, 6.45) is 0.736. The number of H-pyrrole nitrogens is 1. The topological polar surface area (TPSA) is 69.2 Å². The molecule has 0 saturated carbocycles. The largest absolute Gasteiger partial charge is 0.395 e. The normalized spacial score (nSPS) is 10.7. The Morgan fingerprint density at radius 1 is 1.08 bits per heavy atom. The first-order valence-electron chi connectivity index (χ1n) is 8.43. The number of benzene rings is 2. The summed E-state index contributed by atoms with van der Waals surface area (Å²) in [6, 6.07) is 19.5. The number of amides is 1. The number of hydrogen-bond acceptors (Lipinski definition) is 3. The van der Waals surface area contributed by atoms with E-state index in [2.05, 4.69) is 26.1 Å². The molecule has 0 aliphatic carbocycles. The van der Waals surface area contributed by atoms with Gasteiger partial charge in [-0.2, -0.15) is 5.10 Å². The Labute approximate surface area is 160 Å². The van der Waals surface area contributed by atoms with Gasteiger partial charge in [0.1, 0.15) is 5.69 Å². The maximum Gasteiger partial charge on any atom is 0.271 e. The van der Waals surface area contributed by atoms with Crippen LogP contribution in [0.2, 0.25) is 0 Å². The van der Waals surface area contributed by atoms with E-state index < -0.39 is 0 Å². The first-order valence-corrected chi connectivity index (χ1v) is 9.22. The Morgan fingerprint density at radius 3 is 2.50 bits per heavy atom. The fourth-order valence-corrected chi connectivity index (χ4v) is 2.98. The lowest BCUT2D eigenvalue weighted by molar-refractivity contribution is 0.0718. The summed E-state index contributed by atoms with van der Waals surface area (Å²) in [4.78, 5) is 14.4. The van der Waals surface area contributed by atoms with Crippen LogP contribution in [0.25, 0.3) is 11.3 Å². The number of nitrogens with one attached hydrogen (secondary N) is 1. The van der Waals surface area contributed by atoms with Crippen molar-refractivity contribution < 1.29 is 9.90 Å². The van der Waals surface area contributed by atoms with Gasteiger partial charge in [-0.25, -0.2) is 0 Å². The number of rotatable bonds is 7. The number of carbonyl (C=O) groups excluding carboxylic acids is 1. The zero-order valence-electron chi connectivity index (χ0n) is 14.2. The predicted octanol–water partition coefficient (Wildman–Crippen LogP) is 3.52. The molecule has 0 radical (unpaired) electrons. The summed E-state index contributed by atoms with van der Waals surface area (Å²) in [7, 11) is 0. The fourth-order valence-electron chi connectivity index (χ4n) is 2.71. The van der Waals surface area contributed by atoms with E-state index >= 15 is 0 Å². The maximum absolute atomic E-state index is 12.8. The SMILES string of the molecule is O=C(c1cc(-c2ccc(Br)cc2)n[nH]1)N(CCO)CCc1ccccc1. The van der Waals surface area contributed by atoms with E-state index in [4.69, 9.17) is 0 Å². The van der Waals surface area contributed by atoms with Gasteiger partial charge in [0, 0.05) is 23.1 Å². The lowest BCUT2D eigenvalue weighted by atomic mass is 10.1. The third-order valence-electron chi connectivity index (χ3n) is 4.12. The smallest absolute Gasteiger partial charge is 0.271 e. The summed E-state index contributed by atoms with van der Waals surface area (Å²) in [6.45, 7) is 0.753. The lowest BCUT2D eigenvalue weighted by Gasteiger charge is -2.21. The number of halogens is 1. The zero-order chi connectivity index (χ0) is 18.4. The molecule has 1 aromatic heterocycles. The lowest BCUT2D eigenvalue weighted by Crippen LogP contribution is -2.35. The molecule has 134 valence electrons. The van der Waals surface area contributed by atoms with Gasteiger partial charge >= 0.3 is 0 Å². The first-order chi connectivity index (χ1) is 12.7. The highest BCUT2D eigenvalue weighted by atomic mass is 79.9. The van der Waals surface area contributed by atoms with Crippen molar-refractivity contribution in [3.8, 4) is 11.3 Å². The Bertz CT molecular complexity index is 847. The van der Waals surface area contributed by atoms with Gasteiger partial charge in [-0.1, -0.05) is 58.4 Å². The van der Waals surface area contributed by atoms with Crippen molar-refractivity contribution in [2.24, 2.45) is 0 Å². The van der Waals surface area contributed by atoms with Crippen LogP contribution in [0.3, 0.4) is 0 Å². The number of carbonyl (C=O) groups is 1. The van der Waals surface area contributed by atoms with Crippen LogP contribution in [0.5, 0.6) is 0 Å². The van der Waals surface area contributed by atoms with Gasteiger partial charge in [-0.3, -0.25) is 9.89 Å². The van der Waals surface area contributed by atoms with Gasteiger partial charge in [0.2, 0.25) is 0 Å². The second-order valence-electron chi connectivity index (χ2n) is 5.93. The second kappa shape index (κ2) is 8.78. The number of aliphatic hydroxyl groups is 1. The predicted molar refractivity (Wildman–Crippen MR) is 105 cm³/mol. The van der Waals surface area contributed by atoms with E-state index in [0.717, 1.165) is 22.0 Å². The molecule has 0 aliphatic heterocycles. The molecule has 0 saturated heterocycles. The Balaban J connectivity index is 1.71. The fraction of sp³-hybridized carbons (Fsp3) is 0.200. The van der Waals surface area contributed by atoms with E-state index in [0.29, 0.717) is 17.9 Å². The van der Waals surface area contributed by atoms with Crippen molar-refractivity contribution in [3.05, 3.63) is 76.4 Å². The summed E-state index contributed by atoms with van der Waals surface area (Å²) in [5.74, 6) is -0.161. The van der Waals surface area contributed by atoms with Crippen LogP contribution in [0.1, 0.15) is 16.1 Å². The molecule has 1 amide bonds. The third kappa shape index (κ3) is 4.59. The summed E-state index contributed by atoms with van der Waals surface area (Å²) >= 11 is 3.41. The highest BCUT2D eigenvalue weighted by Crippen LogP contribution is 2.21. The summed E-state index contributed by atoms with van der Waals surface area (Å²) in [5.41, 5.74) is 3.22. The van der Waals surface area contributed by atoms with Crippen LogP contribution in [0, 0.1) is 0 Å². The molecule has 0 fully saturated rings. The van der Waals surface area contributed by atoms with E-state index in [9.17, 15) is 9.90 Å². The van der Waals surface area contributed by atoms with E-state index in [1.807, 2.05) is 54.6 Å².